The molecule has 0 radical (unpaired) electrons. The van der Waals surface area contributed by atoms with Gasteiger partial charge in [-0.1, -0.05) is 84.0 Å². The smallest absolute Gasteiger partial charge is 0.316 e. The maximum absolute atomic E-state index is 12.4. The largest absolute Gasteiger partial charge is 0.465 e. The Morgan fingerprint density at radius 3 is 2.15 bits per heavy atom. The third-order valence-corrected chi connectivity index (χ3v) is 7.62. The molecule has 6 nitrogen and oxygen atoms in total. The number of esters is 1. The molecule has 0 saturated heterocycles. The molecule has 3 aromatic carbocycles. The summed E-state index contributed by atoms with van der Waals surface area (Å²) < 4.78 is 11.0. The van der Waals surface area contributed by atoms with Crippen molar-refractivity contribution in [1.82, 2.24) is 10.5 Å². The Labute approximate surface area is 229 Å². The Morgan fingerprint density at radius 1 is 0.949 bits per heavy atom. The van der Waals surface area contributed by atoms with Crippen LogP contribution in [-0.2, 0) is 32.7 Å². The second-order valence-corrected chi connectivity index (χ2v) is 10.3. The minimum absolute atomic E-state index is 0.0970. The van der Waals surface area contributed by atoms with E-state index in [4.69, 9.17) is 9.26 Å². The molecule has 0 spiro atoms. The van der Waals surface area contributed by atoms with Gasteiger partial charge < -0.3 is 14.6 Å². The number of nitrogens with zero attached hydrogens (tertiary/aromatic N) is 1. The summed E-state index contributed by atoms with van der Waals surface area (Å²) in [5, 5.41) is 7.62. The molecule has 1 N–H and O–H groups in total. The van der Waals surface area contributed by atoms with Gasteiger partial charge in [-0.25, -0.2) is 0 Å². The molecule has 4 aromatic rings. The first-order valence-corrected chi connectivity index (χ1v) is 13.5. The Morgan fingerprint density at radius 2 is 1.56 bits per heavy atom. The quantitative estimate of drug-likeness (QED) is 0.236. The van der Waals surface area contributed by atoms with Gasteiger partial charge in [-0.15, -0.1) is 0 Å². The Balaban J connectivity index is 1.29. The van der Waals surface area contributed by atoms with Gasteiger partial charge >= 0.3 is 5.97 Å². The van der Waals surface area contributed by atoms with Crippen LogP contribution < -0.4 is 5.32 Å². The van der Waals surface area contributed by atoms with E-state index in [-0.39, 0.29) is 17.8 Å². The molecule has 1 fully saturated rings. The number of carbonyl (C=O) groups is 2. The Hall–Kier alpha value is -4.03. The SMILES string of the molecule is CCOC(=O)C1(c2ccc(-c3ccc(-c4onc(C)c4CNC(Cc4ccccc4)C(C)=O)cc3)cc2)CC1. The first kappa shape index (κ1) is 26.6. The van der Waals surface area contributed by atoms with Crippen LogP contribution in [0.5, 0.6) is 0 Å². The lowest BCUT2D eigenvalue weighted by molar-refractivity contribution is -0.146. The molecule has 39 heavy (non-hydrogen) atoms. The lowest BCUT2D eigenvalue weighted by Gasteiger charge is -2.16. The number of ether oxygens (including phenoxy) is 1. The maximum atomic E-state index is 12.4. The molecule has 200 valence electrons. The number of aromatic nitrogens is 1. The summed E-state index contributed by atoms with van der Waals surface area (Å²) in [6, 6.07) is 26.1. The number of nitrogens with one attached hydrogen (secondary N) is 1. The minimum atomic E-state index is -0.463. The van der Waals surface area contributed by atoms with E-state index in [9.17, 15) is 9.59 Å². The first-order valence-electron chi connectivity index (χ1n) is 13.5. The van der Waals surface area contributed by atoms with Gasteiger partial charge in [0.2, 0.25) is 0 Å². The van der Waals surface area contributed by atoms with E-state index >= 15 is 0 Å². The van der Waals surface area contributed by atoms with Crippen LogP contribution in [0, 0.1) is 6.92 Å². The van der Waals surface area contributed by atoms with Crippen molar-refractivity contribution in [1.29, 1.82) is 0 Å². The van der Waals surface area contributed by atoms with Gasteiger partial charge in [0.05, 0.1) is 23.8 Å². The highest BCUT2D eigenvalue weighted by atomic mass is 16.5. The minimum Gasteiger partial charge on any atom is -0.465 e. The molecule has 0 amide bonds. The summed E-state index contributed by atoms with van der Waals surface area (Å²) in [6.45, 7) is 6.26. The summed E-state index contributed by atoms with van der Waals surface area (Å²) in [7, 11) is 0. The topological polar surface area (TPSA) is 81.4 Å². The van der Waals surface area contributed by atoms with Crippen molar-refractivity contribution in [2.75, 3.05) is 6.61 Å². The Kier molecular flexibility index (Phi) is 7.75. The highest BCUT2D eigenvalue weighted by molar-refractivity contribution is 5.87. The van der Waals surface area contributed by atoms with Crippen LogP contribution in [0.1, 0.15) is 49.1 Å². The standard InChI is InChI=1S/C33H34N2O4/c1-4-38-32(37)33(18-19-33)28-16-14-26(15-17-28)25-10-12-27(13-11-25)31-29(22(2)35-39-31)21-34-30(23(3)36)20-24-8-6-5-7-9-24/h5-17,30,34H,4,18-21H2,1-3H3. The molecular weight excluding hydrogens is 488 g/mol. The van der Waals surface area contributed by atoms with Crippen LogP contribution in [0.25, 0.3) is 22.5 Å². The van der Waals surface area contributed by atoms with Gasteiger partial charge in [-0.2, -0.15) is 0 Å². The van der Waals surface area contributed by atoms with Crippen molar-refractivity contribution in [3.8, 4) is 22.5 Å². The third kappa shape index (κ3) is 5.71. The van der Waals surface area contributed by atoms with Crippen molar-refractivity contribution in [2.24, 2.45) is 0 Å². The van der Waals surface area contributed by atoms with Crippen LogP contribution >= 0.6 is 0 Å². The molecule has 6 heteroatoms. The number of Topliss-reactive ketones (excluding diaryl/α,β-unsaturated/α-hetero) is 1. The zero-order valence-electron chi connectivity index (χ0n) is 22.7. The van der Waals surface area contributed by atoms with Crippen molar-refractivity contribution in [3.05, 3.63) is 101 Å². The summed E-state index contributed by atoms with van der Waals surface area (Å²) in [6.07, 6.45) is 2.31. The monoisotopic (exact) mass is 522 g/mol. The van der Waals surface area contributed by atoms with Gasteiger partial charge in [0.25, 0.3) is 0 Å². The zero-order chi connectivity index (χ0) is 27.4. The highest BCUT2D eigenvalue weighted by Crippen LogP contribution is 2.49. The highest BCUT2D eigenvalue weighted by Gasteiger charge is 2.52. The van der Waals surface area contributed by atoms with E-state index in [0.29, 0.717) is 25.3 Å². The molecule has 0 bridgehead atoms. The summed E-state index contributed by atoms with van der Waals surface area (Å²) >= 11 is 0. The van der Waals surface area contributed by atoms with E-state index in [0.717, 1.165) is 51.9 Å². The molecule has 1 aromatic heterocycles. The molecule has 1 heterocycles. The molecule has 1 atom stereocenters. The molecular formula is C33H34N2O4. The van der Waals surface area contributed by atoms with Crippen LogP contribution in [0.2, 0.25) is 0 Å². The average Bonchev–Trinajstić information content (AvgIpc) is 3.69. The number of rotatable bonds is 11. The van der Waals surface area contributed by atoms with Crippen molar-refractivity contribution in [3.63, 3.8) is 0 Å². The van der Waals surface area contributed by atoms with Crippen molar-refractivity contribution in [2.45, 2.75) is 58.0 Å². The Bertz CT molecular complexity index is 1440. The number of hydrogen-bond acceptors (Lipinski definition) is 6. The van der Waals surface area contributed by atoms with E-state index < -0.39 is 5.41 Å². The fourth-order valence-electron chi connectivity index (χ4n) is 5.06. The van der Waals surface area contributed by atoms with E-state index in [1.165, 1.54) is 0 Å². The van der Waals surface area contributed by atoms with Crippen molar-refractivity contribution >= 4 is 11.8 Å². The maximum Gasteiger partial charge on any atom is 0.316 e. The van der Waals surface area contributed by atoms with Crippen LogP contribution in [0.3, 0.4) is 0 Å². The predicted molar refractivity (Wildman–Crippen MR) is 151 cm³/mol. The van der Waals surface area contributed by atoms with Crippen LogP contribution in [0.15, 0.2) is 83.4 Å². The molecule has 1 saturated carbocycles. The van der Waals surface area contributed by atoms with E-state index in [1.807, 2.05) is 68.4 Å². The van der Waals surface area contributed by atoms with Crippen molar-refractivity contribution < 1.29 is 18.8 Å². The third-order valence-electron chi connectivity index (χ3n) is 7.62. The number of carbonyl (C=O) groups excluding carboxylic acids is 2. The van der Waals surface area contributed by atoms with E-state index in [2.05, 4.69) is 34.7 Å². The van der Waals surface area contributed by atoms with Crippen LogP contribution in [-0.4, -0.2) is 29.6 Å². The van der Waals surface area contributed by atoms with Gasteiger partial charge in [0.1, 0.15) is 5.78 Å². The summed E-state index contributed by atoms with van der Waals surface area (Å²) in [5.74, 6) is 0.679. The molecule has 1 aliphatic rings. The molecule has 0 aliphatic heterocycles. The first-order chi connectivity index (χ1) is 18.9. The fraction of sp³-hybridized carbons (Fsp3) is 0.303. The average molecular weight is 523 g/mol. The lowest BCUT2D eigenvalue weighted by Crippen LogP contribution is -2.37. The van der Waals surface area contributed by atoms with Gasteiger partial charge in [-0.3, -0.25) is 9.59 Å². The summed E-state index contributed by atoms with van der Waals surface area (Å²) in [5.41, 5.74) is 6.49. The molecule has 1 aliphatic carbocycles. The number of ketones is 1. The van der Waals surface area contributed by atoms with E-state index in [1.54, 1.807) is 6.92 Å². The normalized spacial score (nSPS) is 14.5. The number of hydrogen-bond donors (Lipinski definition) is 1. The predicted octanol–water partition coefficient (Wildman–Crippen LogP) is 6.20. The van der Waals surface area contributed by atoms with Gasteiger partial charge in [0.15, 0.2) is 5.76 Å². The van der Waals surface area contributed by atoms with Gasteiger partial charge in [-0.05, 0) is 62.3 Å². The zero-order valence-corrected chi connectivity index (χ0v) is 22.7. The molecule has 1 unspecified atom stereocenters. The number of aryl methyl sites for hydroxylation is 1. The van der Waals surface area contributed by atoms with Gasteiger partial charge in [0, 0.05) is 17.7 Å². The number of benzene rings is 3. The fourth-order valence-corrected chi connectivity index (χ4v) is 5.06. The van der Waals surface area contributed by atoms with Crippen LogP contribution in [0.4, 0.5) is 0 Å². The second kappa shape index (κ2) is 11.4. The molecule has 5 rings (SSSR count). The second-order valence-electron chi connectivity index (χ2n) is 10.3. The lowest BCUT2D eigenvalue weighted by atomic mass is 9.93. The summed E-state index contributed by atoms with van der Waals surface area (Å²) in [4.78, 5) is 24.8.